The molecule has 0 spiro atoms. The van der Waals surface area contributed by atoms with E-state index in [0.717, 1.165) is 50.5 Å². The molecule has 22 heavy (non-hydrogen) atoms. The van der Waals surface area contributed by atoms with E-state index >= 15 is 0 Å². The van der Waals surface area contributed by atoms with Crippen LogP contribution in [0.5, 0.6) is 0 Å². The first-order valence-corrected chi connectivity index (χ1v) is 8.48. The monoisotopic (exact) mass is 321 g/mol. The third-order valence-corrected chi connectivity index (χ3v) is 5.16. The molecule has 1 aliphatic carbocycles. The van der Waals surface area contributed by atoms with E-state index in [1.54, 1.807) is 0 Å². The Morgan fingerprint density at radius 3 is 2.59 bits per heavy atom. The molecule has 120 valence electrons. The maximum absolute atomic E-state index is 12.5. The maximum Gasteiger partial charge on any atom is 0.225 e. The highest BCUT2D eigenvalue weighted by molar-refractivity contribution is 6.30. The van der Waals surface area contributed by atoms with Crippen LogP contribution in [0.15, 0.2) is 18.2 Å². The first-order chi connectivity index (χ1) is 10.5. The van der Waals surface area contributed by atoms with Crippen LogP contribution >= 0.6 is 11.6 Å². The molecule has 2 unspecified atom stereocenters. The minimum absolute atomic E-state index is 0.148. The predicted octanol–water partition coefficient (Wildman–Crippen LogP) is 2.42. The largest absolute Gasteiger partial charge is 0.368 e. The molecule has 1 heterocycles. The summed E-state index contributed by atoms with van der Waals surface area (Å²) in [4.78, 5) is 16.9. The third-order valence-electron chi connectivity index (χ3n) is 4.93. The van der Waals surface area contributed by atoms with Gasteiger partial charge in [0.2, 0.25) is 5.91 Å². The van der Waals surface area contributed by atoms with Gasteiger partial charge in [-0.3, -0.25) is 4.79 Å². The van der Waals surface area contributed by atoms with Crippen LogP contribution in [0.2, 0.25) is 5.02 Å². The van der Waals surface area contributed by atoms with Crippen LogP contribution in [0.4, 0.5) is 5.69 Å². The van der Waals surface area contributed by atoms with E-state index in [0.29, 0.717) is 5.91 Å². The lowest BCUT2D eigenvalue weighted by Crippen LogP contribution is -2.50. The lowest BCUT2D eigenvalue weighted by molar-refractivity contribution is -0.135. The van der Waals surface area contributed by atoms with E-state index in [-0.39, 0.29) is 12.0 Å². The molecular formula is C17H24ClN3O. The quantitative estimate of drug-likeness (QED) is 0.910. The van der Waals surface area contributed by atoms with Crippen LogP contribution in [0.25, 0.3) is 0 Å². The normalized spacial score (nSPS) is 25.6. The molecule has 2 N–H and O–H groups in total. The fourth-order valence-electron chi connectivity index (χ4n) is 3.59. The van der Waals surface area contributed by atoms with E-state index in [2.05, 4.69) is 17.9 Å². The number of carbonyl (C=O) groups is 1. The van der Waals surface area contributed by atoms with Crippen molar-refractivity contribution in [1.29, 1.82) is 0 Å². The van der Waals surface area contributed by atoms with Crippen LogP contribution < -0.4 is 10.6 Å². The average molecular weight is 322 g/mol. The zero-order chi connectivity index (χ0) is 15.7. The first-order valence-electron chi connectivity index (χ1n) is 8.10. The molecule has 3 rings (SSSR count). The van der Waals surface area contributed by atoms with Gasteiger partial charge in [-0.1, -0.05) is 17.7 Å². The summed E-state index contributed by atoms with van der Waals surface area (Å²) in [7, 11) is 0. The second kappa shape index (κ2) is 6.47. The second-order valence-electron chi connectivity index (χ2n) is 6.51. The van der Waals surface area contributed by atoms with Crippen molar-refractivity contribution in [2.75, 3.05) is 31.1 Å². The number of aryl methyl sites for hydroxylation is 1. The van der Waals surface area contributed by atoms with Crippen molar-refractivity contribution >= 4 is 23.2 Å². The molecule has 2 fully saturated rings. The number of nitrogens with two attached hydrogens (primary N) is 1. The van der Waals surface area contributed by atoms with Gasteiger partial charge >= 0.3 is 0 Å². The number of anilines is 1. The molecule has 1 saturated carbocycles. The van der Waals surface area contributed by atoms with Crippen LogP contribution in [0.3, 0.4) is 0 Å². The number of amides is 1. The van der Waals surface area contributed by atoms with Crippen molar-refractivity contribution in [2.24, 2.45) is 11.7 Å². The Morgan fingerprint density at radius 1 is 1.23 bits per heavy atom. The van der Waals surface area contributed by atoms with E-state index in [1.807, 2.05) is 17.0 Å². The van der Waals surface area contributed by atoms with Crippen molar-refractivity contribution < 1.29 is 4.79 Å². The summed E-state index contributed by atoms with van der Waals surface area (Å²) in [6.45, 7) is 5.41. The number of hydrogen-bond donors (Lipinski definition) is 1. The SMILES string of the molecule is Cc1ccc(Cl)cc1N1CCN(C(=O)C2CCC(N)C2)CC1. The lowest BCUT2D eigenvalue weighted by atomic mass is 10.1. The van der Waals surface area contributed by atoms with Crippen molar-refractivity contribution in [1.82, 2.24) is 4.90 Å². The van der Waals surface area contributed by atoms with Gasteiger partial charge in [0.25, 0.3) is 0 Å². The van der Waals surface area contributed by atoms with Gasteiger partial charge in [0.1, 0.15) is 0 Å². The van der Waals surface area contributed by atoms with E-state index in [4.69, 9.17) is 17.3 Å². The highest BCUT2D eigenvalue weighted by atomic mass is 35.5. The highest BCUT2D eigenvalue weighted by Crippen LogP contribution is 2.28. The van der Waals surface area contributed by atoms with E-state index in [9.17, 15) is 4.79 Å². The number of rotatable bonds is 2. The Hall–Kier alpha value is -1.26. The Morgan fingerprint density at radius 2 is 1.95 bits per heavy atom. The number of piperazine rings is 1. The molecule has 0 radical (unpaired) electrons. The van der Waals surface area contributed by atoms with Crippen LogP contribution in [-0.4, -0.2) is 43.0 Å². The van der Waals surface area contributed by atoms with Gasteiger partial charge in [-0.15, -0.1) is 0 Å². The molecule has 1 saturated heterocycles. The summed E-state index contributed by atoms with van der Waals surface area (Å²) in [5.41, 5.74) is 8.34. The topological polar surface area (TPSA) is 49.6 Å². The number of hydrogen-bond acceptors (Lipinski definition) is 3. The number of carbonyl (C=O) groups excluding carboxylic acids is 1. The number of halogens is 1. The molecule has 0 aromatic heterocycles. The molecule has 1 aliphatic heterocycles. The Balaban J connectivity index is 1.60. The van der Waals surface area contributed by atoms with Gasteiger partial charge in [-0.25, -0.2) is 0 Å². The molecule has 0 bridgehead atoms. The first kappa shape index (κ1) is 15.6. The zero-order valence-electron chi connectivity index (χ0n) is 13.1. The molecule has 2 aliphatic rings. The predicted molar refractivity (Wildman–Crippen MR) is 90.3 cm³/mol. The summed E-state index contributed by atoms with van der Waals surface area (Å²) in [6, 6.07) is 6.20. The summed E-state index contributed by atoms with van der Waals surface area (Å²) in [5.74, 6) is 0.449. The molecule has 4 nitrogen and oxygen atoms in total. The Labute approximate surface area is 137 Å². The molecule has 1 aromatic rings. The molecule has 1 aromatic carbocycles. The fraction of sp³-hybridized carbons (Fsp3) is 0.588. The van der Waals surface area contributed by atoms with Crippen molar-refractivity contribution in [2.45, 2.75) is 32.2 Å². The van der Waals surface area contributed by atoms with Gasteiger partial charge in [0.15, 0.2) is 0 Å². The van der Waals surface area contributed by atoms with Gasteiger partial charge < -0.3 is 15.5 Å². The zero-order valence-corrected chi connectivity index (χ0v) is 13.9. The third kappa shape index (κ3) is 3.23. The van der Waals surface area contributed by atoms with E-state index in [1.165, 1.54) is 11.3 Å². The highest BCUT2D eigenvalue weighted by Gasteiger charge is 2.32. The summed E-state index contributed by atoms with van der Waals surface area (Å²) in [6.07, 6.45) is 2.79. The fourth-order valence-corrected chi connectivity index (χ4v) is 3.76. The lowest BCUT2D eigenvalue weighted by Gasteiger charge is -2.38. The van der Waals surface area contributed by atoms with Crippen molar-refractivity contribution in [3.8, 4) is 0 Å². The summed E-state index contributed by atoms with van der Waals surface area (Å²) >= 11 is 6.11. The number of nitrogens with zero attached hydrogens (tertiary/aromatic N) is 2. The smallest absolute Gasteiger partial charge is 0.225 e. The molecule has 1 amide bonds. The average Bonchev–Trinajstić information content (AvgIpc) is 2.96. The van der Waals surface area contributed by atoms with Gasteiger partial charge in [-0.2, -0.15) is 0 Å². The summed E-state index contributed by atoms with van der Waals surface area (Å²) in [5, 5.41) is 0.763. The summed E-state index contributed by atoms with van der Waals surface area (Å²) < 4.78 is 0. The van der Waals surface area contributed by atoms with Crippen molar-refractivity contribution in [3.63, 3.8) is 0 Å². The molecule has 2 atom stereocenters. The van der Waals surface area contributed by atoms with Gasteiger partial charge in [0, 0.05) is 48.8 Å². The van der Waals surface area contributed by atoms with Crippen LogP contribution in [0, 0.1) is 12.8 Å². The van der Waals surface area contributed by atoms with Gasteiger partial charge in [-0.05, 0) is 43.9 Å². The number of benzene rings is 1. The van der Waals surface area contributed by atoms with Crippen LogP contribution in [-0.2, 0) is 4.79 Å². The second-order valence-corrected chi connectivity index (χ2v) is 6.95. The van der Waals surface area contributed by atoms with Gasteiger partial charge in [0.05, 0.1) is 0 Å². The van der Waals surface area contributed by atoms with Crippen molar-refractivity contribution in [3.05, 3.63) is 28.8 Å². The molecule has 5 heteroatoms. The Kier molecular flexibility index (Phi) is 4.59. The van der Waals surface area contributed by atoms with Crippen LogP contribution in [0.1, 0.15) is 24.8 Å². The minimum Gasteiger partial charge on any atom is -0.368 e. The minimum atomic E-state index is 0.148. The Bertz CT molecular complexity index is 555. The van der Waals surface area contributed by atoms with E-state index < -0.39 is 0 Å². The maximum atomic E-state index is 12.5. The molecular weight excluding hydrogens is 298 g/mol. The standard InChI is InChI=1S/C17H24ClN3O/c1-12-2-4-14(18)11-16(12)20-6-8-21(9-7-20)17(22)13-3-5-15(19)10-13/h2,4,11,13,15H,3,5-10,19H2,1H3.